The number of carbonyl (C=O) groups is 3. The molecule has 1 heterocycles. The molecule has 0 fully saturated rings. The molecule has 2 atom stereocenters. The Morgan fingerprint density at radius 3 is 2.67 bits per heavy atom. The third-order valence-corrected chi connectivity index (χ3v) is 3.09. The minimum absolute atomic E-state index is 0.149. The van der Waals surface area contributed by atoms with Crippen LogP contribution in [-0.2, 0) is 19.1 Å². The van der Waals surface area contributed by atoms with E-state index in [1.807, 2.05) is 6.92 Å². The van der Waals surface area contributed by atoms with Gasteiger partial charge in [0.15, 0.2) is 17.8 Å². The van der Waals surface area contributed by atoms with Crippen molar-refractivity contribution in [3.05, 3.63) is 23.3 Å². The summed E-state index contributed by atoms with van der Waals surface area (Å²) < 4.78 is 5.64. The molecule has 0 saturated heterocycles. The molecule has 5 heteroatoms. The Labute approximate surface area is 105 Å². The maximum atomic E-state index is 11.8. The number of ether oxygens (including phenoxy) is 1. The van der Waals surface area contributed by atoms with Crippen LogP contribution in [0.25, 0.3) is 0 Å². The van der Waals surface area contributed by atoms with Crippen molar-refractivity contribution in [3.8, 4) is 0 Å². The van der Waals surface area contributed by atoms with Crippen LogP contribution in [0, 0.1) is 0 Å². The first-order valence-electron chi connectivity index (χ1n) is 5.95. The summed E-state index contributed by atoms with van der Waals surface area (Å²) in [6.45, 7) is 3.29. The zero-order chi connectivity index (χ0) is 13.3. The first-order chi connectivity index (χ1) is 8.52. The highest BCUT2D eigenvalue weighted by Crippen LogP contribution is 2.30. The van der Waals surface area contributed by atoms with Crippen LogP contribution >= 0.6 is 0 Å². The Balaban J connectivity index is 2.38. The molecule has 0 bridgehead atoms. The van der Waals surface area contributed by atoms with E-state index in [2.05, 4.69) is 5.32 Å². The number of allylic oxidation sites excluding steroid dienone is 2. The van der Waals surface area contributed by atoms with Gasteiger partial charge in [0.25, 0.3) is 0 Å². The van der Waals surface area contributed by atoms with E-state index in [-0.39, 0.29) is 29.2 Å². The fourth-order valence-corrected chi connectivity index (χ4v) is 2.19. The molecule has 5 nitrogen and oxygen atoms in total. The fraction of sp³-hybridized carbons (Fsp3) is 0.462. The lowest BCUT2D eigenvalue weighted by Gasteiger charge is -2.33. The summed E-state index contributed by atoms with van der Waals surface area (Å²) in [5.41, 5.74) is 0.752. The number of nitrogens with one attached hydrogen (secondary N) is 1. The molecule has 1 N–H and O–H groups in total. The van der Waals surface area contributed by atoms with Gasteiger partial charge in [-0.1, -0.05) is 6.92 Å². The molecule has 0 radical (unpaired) electrons. The van der Waals surface area contributed by atoms with Crippen molar-refractivity contribution in [3.63, 3.8) is 0 Å². The van der Waals surface area contributed by atoms with Crippen molar-refractivity contribution < 1.29 is 19.1 Å². The predicted molar refractivity (Wildman–Crippen MR) is 63.6 cm³/mol. The zero-order valence-electron chi connectivity index (χ0n) is 10.4. The van der Waals surface area contributed by atoms with Gasteiger partial charge in [0, 0.05) is 18.9 Å². The third-order valence-electron chi connectivity index (χ3n) is 3.09. The molecule has 96 valence electrons. The van der Waals surface area contributed by atoms with E-state index in [1.165, 1.54) is 19.1 Å². The van der Waals surface area contributed by atoms with Crippen molar-refractivity contribution in [2.45, 2.75) is 39.0 Å². The molecule has 1 aliphatic carbocycles. The highest BCUT2D eigenvalue weighted by Gasteiger charge is 2.36. The van der Waals surface area contributed by atoms with Gasteiger partial charge in [-0.05, 0) is 18.6 Å². The Morgan fingerprint density at radius 1 is 1.39 bits per heavy atom. The van der Waals surface area contributed by atoms with Gasteiger partial charge in [-0.3, -0.25) is 14.4 Å². The van der Waals surface area contributed by atoms with Gasteiger partial charge in [-0.2, -0.15) is 0 Å². The highest BCUT2D eigenvalue weighted by atomic mass is 16.5. The van der Waals surface area contributed by atoms with E-state index in [1.54, 1.807) is 0 Å². The largest absolute Gasteiger partial charge is 0.350 e. The smallest absolute Gasteiger partial charge is 0.219 e. The predicted octanol–water partition coefficient (Wildman–Crippen LogP) is 0.652. The van der Waals surface area contributed by atoms with Crippen LogP contribution in [0.4, 0.5) is 0 Å². The lowest BCUT2D eigenvalue weighted by molar-refractivity contribution is -0.127. The molecule has 0 spiro atoms. The molecule has 0 aromatic heterocycles. The second-order valence-corrected chi connectivity index (χ2v) is 4.41. The topological polar surface area (TPSA) is 72.5 Å². The molecule has 2 aliphatic rings. The maximum Gasteiger partial charge on any atom is 0.219 e. The minimum atomic E-state index is -0.808. The van der Waals surface area contributed by atoms with E-state index >= 15 is 0 Å². The number of amides is 1. The number of rotatable bonds is 2. The Morgan fingerprint density at radius 2 is 2.06 bits per heavy atom. The van der Waals surface area contributed by atoms with Gasteiger partial charge in [0.1, 0.15) is 0 Å². The molecular formula is C13H15NO4. The summed E-state index contributed by atoms with van der Waals surface area (Å²) >= 11 is 0. The van der Waals surface area contributed by atoms with Gasteiger partial charge < -0.3 is 10.1 Å². The van der Waals surface area contributed by atoms with Crippen molar-refractivity contribution in [1.82, 2.24) is 5.32 Å². The Bertz CT molecular complexity index is 475. The molecule has 0 aromatic rings. The quantitative estimate of drug-likeness (QED) is 0.729. The van der Waals surface area contributed by atoms with Crippen LogP contribution in [0.3, 0.4) is 0 Å². The summed E-state index contributed by atoms with van der Waals surface area (Å²) in [6, 6.07) is 0. The van der Waals surface area contributed by atoms with Gasteiger partial charge >= 0.3 is 0 Å². The third kappa shape index (κ3) is 2.26. The van der Waals surface area contributed by atoms with Crippen LogP contribution in [-0.4, -0.2) is 29.8 Å². The maximum absolute atomic E-state index is 11.8. The molecule has 18 heavy (non-hydrogen) atoms. The number of carbonyl (C=O) groups excluding carboxylic acids is 3. The molecule has 1 amide bonds. The van der Waals surface area contributed by atoms with Gasteiger partial charge in [-0.25, -0.2) is 0 Å². The molecular weight excluding hydrogens is 234 g/mol. The monoisotopic (exact) mass is 249 g/mol. The summed E-state index contributed by atoms with van der Waals surface area (Å²) in [7, 11) is 0. The number of hydrogen-bond acceptors (Lipinski definition) is 4. The second-order valence-electron chi connectivity index (χ2n) is 4.41. The average Bonchev–Trinajstić information content (AvgIpc) is 2.32. The molecule has 0 unspecified atom stereocenters. The van der Waals surface area contributed by atoms with E-state index in [0.29, 0.717) is 12.0 Å². The molecule has 0 saturated carbocycles. The van der Waals surface area contributed by atoms with Crippen LogP contribution in [0.5, 0.6) is 0 Å². The van der Waals surface area contributed by atoms with Crippen LogP contribution in [0.2, 0.25) is 0 Å². The standard InChI is InChI=1S/C13H15NO4/c1-3-8-6-9-10(16)4-5-11(17)12(9)13(18-8)14-7(2)15/h4-5,8,13H,3,6H2,1-2H3,(H,14,15)/t8-,13+/m0/s1. The Hall–Kier alpha value is -1.75. The average molecular weight is 249 g/mol. The SMILES string of the molecule is CC[C@H]1CC2=C(C(=O)C=CC2=O)[C@H](NC(C)=O)O1. The highest BCUT2D eigenvalue weighted by molar-refractivity contribution is 6.20. The second kappa shape index (κ2) is 4.86. The van der Waals surface area contributed by atoms with Crippen LogP contribution in [0.15, 0.2) is 23.3 Å². The van der Waals surface area contributed by atoms with Gasteiger partial charge in [0.2, 0.25) is 5.91 Å². The van der Waals surface area contributed by atoms with Gasteiger partial charge in [0.05, 0.1) is 11.7 Å². The number of ketones is 2. The molecule has 2 rings (SSSR count). The van der Waals surface area contributed by atoms with Crippen molar-refractivity contribution in [2.75, 3.05) is 0 Å². The van der Waals surface area contributed by atoms with Crippen LogP contribution in [0.1, 0.15) is 26.7 Å². The van der Waals surface area contributed by atoms with Gasteiger partial charge in [-0.15, -0.1) is 0 Å². The fourth-order valence-electron chi connectivity index (χ4n) is 2.19. The minimum Gasteiger partial charge on any atom is -0.350 e. The normalized spacial score (nSPS) is 27.2. The summed E-state index contributed by atoms with van der Waals surface area (Å²) in [6.07, 6.45) is 2.70. The summed E-state index contributed by atoms with van der Waals surface area (Å²) in [5, 5.41) is 2.57. The van der Waals surface area contributed by atoms with Crippen LogP contribution < -0.4 is 5.32 Å². The van der Waals surface area contributed by atoms with E-state index in [9.17, 15) is 14.4 Å². The molecule has 1 aliphatic heterocycles. The van der Waals surface area contributed by atoms with Crippen molar-refractivity contribution in [1.29, 1.82) is 0 Å². The lowest BCUT2D eigenvalue weighted by atomic mass is 9.87. The summed E-state index contributed by atoms with van der Waals surface area (Å²) in [5.74, 6) is -0.724. The lowest BCUT2D eigenvalue weighted by Crippen LogP contribution is -2.46. The Kier molecular flexibility index (Phi) is 3.43. The first kappa shape index (κ1) is 12.7. The van der Waals surface area contributed by atoms with Crippen molar-refractivity contribution in [2.24, 2.45) is 0 Å². The first-order valence-corrected chi connectivity index (χ1v) is 5.95. The van der Waals surface area contributed by atoms with E-state index in [0.717, 1.165) is 6.42 Å². The molecule has 0 aromatic carbocycles. The zero-order valence-corrected chi connectivity index (χ0v) is 10.4. The van der Waals surface area contributed by atoms with E-state index in [4.69, 9.17) is 4.74 Å². The number of hydrogen-bond donors (Lipinski definition) is 1. The van der Waals surface area contributed by atoms with E-state index < -0.39 is 6.23 Å². The van der Waals surface area contributed by atoms with Crippen molar-refractivity contribution >= 4 is 17.5 Å². The summed E-state index contributed by atoms with van der Waals surface area (Å²) in [4.78, 5) is 34.8.